The minimum absolute atomic E-state index is 0. The zero-order valence-corrected chi connectivity index (χ0v) is 19.3. The molecular weight excluding hydrogens is 430 g/mol. The van der Waals surface area contributed by atoms with Gasteiger partial charge in [0.15, 0.2) is 11.5 Å². The molecular formula is C25H28ClNO5. The second kappa shape index (κ2) is 8.77. The summed E-state index contributed by atoms with van der Waals surface area (Å²) in [7, 11) is 3.25. The number of aliphatic hydroxyl groups excluding tert-OH is 1. The number of esters is 1. The fourth-order valence-corrected chi connectivity index (χ4v) is 5.22. The van der Waals surface area contributed by atoms with Gasteiger partial charge in [0.25, 0.3) is 0 Å². The molecule has 0 radical (unpaired) electrons. The monoisotopic (exact) mass is 457 g/mol. The molecule has 3 aromatic rings. The van der Waals surface area contributed by atoms with Crippen molar-refractivity contribution in [2.45, 2.75) is 44.9 Å². The molecule has 1 saturated heterocycles. The van der Waals surface area contributed by atoms with Gasteiger partial charge < -0.3 is 19.3 Å². The maximum absolute atomic E-state index is 11.9. The Bertz CT molecular complexity index is 1190. The number of methoxy groups -OCH3 is 2. The lowest BCUT2D eigenvalue weighted by Gasteiger charge is -2.37. The molecule has 3 aromatic carbocycles. The normalized spacial score (nSPS) is 19.9. The number of nitrogens with zero attached hydrogens (tertiary/aromatic N) is 1. The number of carbonyl (C=O) groups is 1. The zero-order valence-electron chi connectivity index (χ0n) is 18.5. The van der Waals surface area contributed by atoms with E-state index in [-0.39, 0.29) is 24.4 Å². The molecule has 5 rings (SSSR count). The first-order valence-electron chi connectivity index (χ1n) is 10.8. The van der Waals surface area contributed by atoms with Gasteiger partial charge in [-0.3, -0.25) is 9.69 Å². The van der Waals surface area contributed by atoms with Crippen LogP contribution in [0.3, 0.4) is 0 Å². The number of rotatable bonds is 4. The molecule has 6 nitrogen and oxygen atoms in total. The van der Waals surface area contributed by atoms with Crippen LogP contribution in [0.4, 0.5) is 0 Å². The molecule has 0 unspecified atom stereocenters. The van der Waals surface area contributed by atoms with E-state index in [1.807, 2.05) is 30.3 Å². The lowest BCUT2D eigenvalue weighted by atomic mass is 9.83. The van der Waals surface area contributed by atoms with Gasteiger partial charge in [0.1, 0.15) is 5.75 Å². The van der Waals surface area contributed by atoms with E-state index in [1.54, 1.807) is 21.1 Å². The molecule has 0 bridgehead atoms. The van der Waals surface area contributed by atoms with Crippen molar-refractivity contribution in [3.8, 4) is 17.2 Å². The summed E-state index contributed by atoms with van der Waals surface area (Å²) < 4.78 is 16.6. The molecule has 32 heavy (non-hydrogen) atoms. The van der Waals surface area contributed by atoms with Gasteiger partial charge in [-0.25, -0.2) is 0 Å². The van der Waals surface area contributed by atoms with Gasteiger partial charge >= 0.3 is 5.97 Å². The van der Waals surface area contributed by atoms with Crippen LogP contribution in [0.25, 0.3) is 21.5 Å². The summed E-state index contributed by atoms with van der Waals surface area (Å²) >= 11 is 0. The highest BCUT2D eigenvalue weighted by Crippen LogP contribution is 2.47. The maximum Gasteiger partial charge on any atom is 0.310 e. The van der Waals surface area contributed by atoms with Crippen molar-refractivity contribution >= 4 is 39.9 Å². The number of benzene rings is 3. The number of carbonyl (C=O) groups excluding carboxylic acids is 1. The fourth-order valence-electron chi connectivity index (χ4n) is 5.22. The van der Waals surface area contributed by atoms with Gasteiger partial charge in [0.05, 0.1) is 20.3 Å². The van der Waals surface area contributed by atoms with Crippen LogP contribution in [-0.2, 0) is 11.3 Å². The van der Waals surface area contributed by atoms with Crippen molar-refractivity contribution in [2.75, 3.05) is 20.8 Å². The van der Waals surface area contributed by atoms with Gasteiger partial charge in [0.2, 0.25) is 0 Å². The Morgan fingerprint density at radius 2 is 1.75 bits per heavy atom. The van der Waals surface area contributed by atoms with Gasteiger partial charge in [-0.15, -0.1) is 12.4 Å². The molecule has 0 amide bonds. The van der Waals surface area contributed by atoms with E-state index in [4.69, 9.17) is 14.2 Å². The van der Waals surface area contributed by atoms with Crippen molar-refractivity contribution in [3.63, 3.8) is 0 Å². The Hall–Kier alpha value is -2.54. The SMILES string of the molecule is CCC(=O)Oc1ccc2c3c(c4cc(OC)c(OC)cc4c2c1)CN1CCC[C@H]1[C@H]3O.Cl. The van der Waals surface area contributed by atoms with E-state index in [0.717, 1.165) is 58.6 Å². The predicted molar refractivity (Wildman–Crippen MR) is 126 cm³/mol. The third-order valence-electron chi connectivity index (χ3n) is 6.70. The quantitative estimate of drug-likeness (QED) is 0.346. The first-order chi connectivity index (χ1) is 15.0. The van der Waals surface area contributed by atoms with Gasteiger partial charge in [0, 0.05) is 19.0 Å². The number of hydrogen-bond donors (Lipinski definition) is 1. The first-order valence-corrected chi connectivity index (χ1v) is 10.8. The molecule has 2 heterocycles. The van der Waals surface area contributed by atoms with Crippen molar-refractivity contribution < 1.29 is 24.1 Å². The summed E-state index contributed by atoms with van der Waals surface area (Å²) in [5, 5.41) is 15.3. The summed E-state index contributed by atoms with van der Waals surface area (Å²) in [6.07, 6.45) is 1.85. The van der Waals surface area contributed by atoms with E-state index in [0.29, 0.717) is 23.7 Å². The second-order valence-corrected chi connectivity index (χ2v) is 8.30. The largest absolute Gasteiger partial charge is 0.493 e. The standard InChI is InChI=1S/C25H27NO5.ClH/c1-4-23(27)31-14-7-8-15-16(10-14)17-11-21(29-2)22(30-3)12-18(17)19-13-26-9-5-6-20(26)25(28)24(15)19;/h7-8,10-12,20,25,28H,4-6,9,13H2,1-3H3;1H/t20-,25+;/m0./s1. The Labute approximate surface area is 193 Å². The number of halogens is 1. The summed E-state index contributed by atoms with van der Waals surface area (Å²) in [6, 6.07) is 9.80. The van der Waals surface area contributed by atoms with Crippen LogP contribution in [0, 0.1) is 0 Å². The highest BCUT2D eigenvalue weighted by atomic mass is 35.5. The Morgan fingerprint density at radius 1 is 1.06 bits per heavy atom. The summed E-state index contributed by atoms with van der Waals surface area (Å²) in [4.78, 5) is 14.3. The van der Waals surface area contributed by atoms with Gasteiger partial charge in [-0.2, -0.15) is 0 Å². The smallest absolute Gasteiger partial charge is 0.310 e. The van der Waals surface area contributed by atoms with Crippen LogP contribution in [0.5, 0.6) is 17.2 Å². The minimum atomic E-state index is -0.560. The third-order valence-corrected chi connectivity index (χ3v) is 6.70. The van der Waals surface area contributed by atoms with Crippen molar-refractivity contribution in [2.24, 2.45) is 0 Å². The molecule has 2 aliphatic heterocycles. The second-order valence-electron chi connectivity index (χ2n) is 8.30. The minimum Gasteiger partial charge on any atom is -0.493 e. The van der Waals surface area contributed by atoms with Gasteiger partial charge in [-0.1, -0.05) is 13.0 Å². The highest BCUT2D eigenvalue weighted by molar-refractivity contribution is 6.12. The third kappa shape index (κ3) is 3.47. The number of ether oxygens (including phenoxy) is 3. The number of hydrogen-bond acceptors (Lipinski definition) is 6. The molecule has 2 atom stereocenters. The molecule has 0 aromatic heterocycles. The molecule has 0 saturated carbocycles. The average Bonchev–Trinajstić information content (AvgIpc) is 3.27. The molecule has 0 aliphatic carbocycles. The van der Waals surface area contributed by atoms with Crippen LogP contribution in [-0.4, -0.2) is 42.8 Å². The van der Waals surface area contributed by atoms with Crippen LogP contribution >= 0.6 is 12.4 Å². The molecule has 0 spiro atoms. The topological polar surface area (TPSA) is 68.2 Å². The van der Waals surface area contributed by atoms with Crippen LogP contribution < -0.4 is 14.2 Å². The molecule has 170 valence electrons. The maximum atomic E-state index is 11.9. The van der Waals surface area contributed by atoms with E-state index in [9.17, 15) is 9.90 Å². The fraction of sp³-hybridized carbons (Fsp3) is 0.400. The lowest BCUT2D eigenvalue weighted by molar-refractivity contribution is -0.134. The first kappa shape index (κ1) is 22.6. The summed E-state index contributed by atoms with van der Waals surface area (Å²) in [6.45, 7) is 3.57. The van der Waals surface area contributed by atoms with Crippen molar-refractivity contribution in [1.29, 1.82) is 0 Å². The summed E-state index contributed by atoms with van der Waals surface area (Å²) in [5.74, 6) is 1.52. The number of fused-ring (bicyclic) bond motifs is 7. The predicted octanol–water partition coefficient (Wildman–Crippen LogP) is 4.76. The van der Waals surface area contributed by atoms with Crippen LogP contribution in [0.2, 0.25) is 0 Å². The Kier molecular flexibility index (Phi) is 6.21. The Balaban J connectivity index is 0.00000245. The summed E-state index contributed by atoms with van der Waals surface area (Å²) in [5.41, 5.74) is 2.11. The van der Waals surface area contributed by atoms with E-state index in [2.05, 4.69) is 4.90 Å². The van der Waals surface area contributed by atoms with E-state index < -0.39 is 6.10 Å². The zero-order chi connectivity index (χ0) is 21.7. The molecule has 1 fully saturated rings. The van der Waals surface area contributed by atoms with E-state index in [1.165, 1.54) is 0 Å². The molecule has 7 heteroatoms. The van der Waals surface area contributed by atoms with Crippen molar-refractivity contribution in [3.05, 3.63) is 41.5 Å². The Morgan fingerprint density at radius 3 is 2.44 bits per heavy atom. The van der Waals surface area contributed by atoms with Crippen molar-refractivity contribution in [1.82, 2.24) is 4.90 Å². The van der Waals surface area contributed by atoms with Crippen LogP contribution in [0.15, 0.2) is 30.3 Å². The molecule has 1 N–H and O–H groups in total. The van der Waals surface area contributed by atoms with Crippen LogP contribution in [0.1, 0.15) is 43.4 Å². The van der Waals surface area contributed by atoms with E-state index >= 15 is 0 Å². The molecule has 2 aliphatic rings. The average molecular weight is 458 g/mol. The van der Waals surface area contributed by atoms with Gasteiger partial charge in [-0.05, 0) is 76.3 Å². The number of aliphatic hydroxyl groups is 1. The highest BCUT2D eigenvalue weighted by Gasteiger charge is 2.39. The lowest BCUT2D eigenvalue weighted by Crippen LogP contribution is -2.39.